The van der Waals surface area contributed by atoms with Crippen molar-refractivity contribution in [2.45, 2.75) is 40.2 Å². The number of hydrogen-bond acceptors (Lipinski definition) is 9. The predicted molar refractivity (Wildman–Crippen MR) is 165 cm³/mol. The van der Waals surface area contributed by atoms with E-state index in [-0.39, 0.29) is 42.6 Å². The predicted octanol–water partition coefficient (Wildman–Crippen LogP) is 4.71. The van der Waals surface area contributed by atoms with E-state index in [2.05, 4.69) is 41.5 Å². The summed E-state index contributed by atoms with van der Waals surface area (Å²) in [5.74, 6) is 0.725. The van der Waals surface area contributed by atoms with Crippen molar-refractivity contribution in [1.29, 1.82) is 5.41 Å². The van der Waals surface area contributed by atoms with Crippen molar-refractivity contribution in [3.8, 4) is 11.1 Å². The standard InChI is InChI=1S/C17H18N4O2.C13H17BrFN3O/c1-10-6-13(14-8-20-12(3)21-9-14)7-15(16(18)11(2)23)17(10)19-4-5-22;1-8-3-4-11(14)16-12(8)17-13(19)10-5-9(6-15)7-18(10)2/h5-9,18-19H,4H2,1-3H3;3-4,9-10H,5-7H2,1-2H3,(H,16,17,19). The first kappa shape index (κ1) is 32.6. The molecule has 1 aromatic carbocycles. The number of nitrogens with one attached hydrogen (secondary N) is 3. The molecule has 3 heterocycles. The van der Waals surface area contributed by atoms with Crippen LogP contribution in [0.25, 0.3) is 11.1 Å². The van der Waals surface area contributed by atoms with E-state index < -0.39 is 0 Å². The van der Waals surface area contributed by atoms with Gasteiger partial charge in [0, 0.05) is 48.6 Å². The monoisotopic (exact) mass is 639 g/mol. The zero-order valence-electron chi connectivity index (χ0n) is 24.3. The average Bonchev–Trinajstić information content (AvgIpc) is 3.35. The number of rotatable bonds is 9. The summed E-state index contributed by atoms with van der Waals surface area (Å²) in [6, 6.07) is 7.10. The molecule has 1 saturated heterocycles. The number of carbonyl (C=O) groups is 3. The third-order valence-electron chi connectivity index (χ3n) is 6.89. The van der Waals surface area contributed by atoms with Gasteiger partial charge in [0.25, 0.3) is 0 Å². The maximum absolute atomic E-state index is 12.7. The first-order valence-electron chi connectivity index (χ1n) is 13.4. The zero-order valence-corrected chi connectivity index (χ0v) is 25.9. The van der Waals surface area contributed by atoms with Gasteiger partial charge in [-0.15, -0.1) is 0 Å². The maximum atomic E-state index is 12.7. The van der Waals surface area contributed by atoms with Crippen molar-refractivity contribution in [2.75, 3.05) is 37.4 Å². The molecule has 0 bridgehead atoms. The van der Waals surface area contributed by atoms with Crippen molar-refractivity contribution in [2.24, 2.45) is 5.92 Å². The molecule has 2 aromatic heterocycles. The minimum absolute atomic E-state index is 0.0442. The zero-order chi connectivity index (χ0) is 31.0. The number of anilines is 2. The highest BCUT2D eigenvalue weighted by molar-refractivity contribution is 9.10. The number of aromatic nitrogens is 3. The summed E-state index contributed by atoms with van der Waals surface area (Å²) in [5, 5.41) is 13.8. The molecule has 42 heavy (non-hydrogen) atoms. The van der Waals surface area contributed by atoms with E-state index in [9.17, 15) is 18.8 Å². The number of pyridine rings is 1. The number of carbonyl (C=O) groups excluding carboxylic acids is 3. The van der Waals surface area contributed by atoms with E-state index in [1.807, 2.05) is 44.0 Å². The van der Waals surface area contributed by atoms with Crippen LogP contribution in [0.4, 0.5) is 15.9 Å². The lowest BCUT2D eigenvalue weighted by molar-refractivity contribution is -0.120. The van der Waals surface area contributed by atoms with Crippen LogP contribution in [-0.4, -0.2) is 76.4 Å². The van der Waals surface area contributed by atoms with Crippen molar-refractivity contribution in [3.05, 3.63) is 63.8 Å². The first-order chi connectivity index (χ1) is 19.9. The van der Waals surface area contributed by atoms with Crippen LogP contribution in [0.1, 0.15) is 35.9 Å². The highest BCUT2D eigenvalue weighted by atomic mass is 79.9. The number of likely N-dealkylation sites (tertiary alicyclic amines) is 1. The van der Waals surface area contributed by atoms with Crippen LogP contribution in [-0.2, 0) is 14.4 Å². The number of halogens is 2. The SMILES string of the molecule is CC(=O)C(=N)c1cc(-c2cnc(C)nc2)cc(C)c1NCC=O.Cc1ccc(Br)nc1NC(=O)C1CC(CF)CN1C. The number of nitrogens with zero attached hydrogens (tertiary/aromatic N) is 4. The van der Waals surface area contributed by atoms with E-state index in [0.717, 1.165) is 28.5 Å². The molecule has 1 fully saturated rings. The van der Waals surface area contributed by atoms with Crippen LogP contribution in [0.3, 0.4) is 0 Å². The Morgan fingerprint density at radius 2 is 1.83 bits per heavy atom. The summed E-state index contributed by atoms with van der Waals surface area (Å²) in [6.07, 6.45) is 4.71. The number of benzene rings is 1. The Kier molecular flexibility index (Phi) is 11.5. The van der Waals surface area contributed by atoms with Crippen LogP contribution < -0.4 is 10.6 Å². The van der Waals surface area contributed by atoms with Gasteiger partial charge in [-0.05, 0) is 85.1 Å². The molecule has 10 nitrogen and oxygen atoms in total. The Hall–Kier alpha value is -3.90. The lowest BCUT2D eigenvalue weighted by Gasteiger charge is -2.18. The fourth-order valence-corrected chi connectivity index (χ4v) is 4.93. The van der Waals surface area contributed by atoms with E-state index in [1.54, 1.807) is 25.4 Å². The Morgan fingerprint density at radius 3 is 2.43 bits per heavy atom. The van der Waals surface area contributed by atoms with Gasteiger partial charge < -0.3 is 15.4 Å². The third-order valence-corrected chi connectivity index (χ3v) is 7.34. The molecule has 0 spiro atoms. The third kappa shape index (κ3) is 8.32. The van der Waals surface area contributed by atoms with Crippen LogP contribution >= 0.6 is 15.9 Å². The molecular formula is C30H35BrFN7O3. The number of Topliss-reactive ketones (excluding diaryl/α,β-unsaturated/α-hetero) is 1. The number of amides is 1. The highest BCUT2D eigenvalue weighted by Gasteiger charge is 2.34. The van der Waals surface area contributed by atoms with Crippen LogP contribution in [0, 0.1) is 32.1 Å². The quantitative estimate of drug-likeness (QED) is 0.174. The van der Waals surface area contributed by atoms with Crippen molar-refractivity contribution in [1.82, 2.24) is 19.9 Å². The maximum Gasteiger partial charge on any atom is 0.242 e. The number of ketones is 1. The van der Waals surface area contributed by atoms with Crippen LogP contribution in [0.2, 0.25) is 0 Å². The molecular weight excluding hydrogens is 605 g/mol. The molecule has 1 aliphatic rings. The van der Waals surface area contributed by atoms with Gasteiger partial charge in [0.05, 0.1) is 19.3 Å². The molecule has 222 valence electrons. The Labute approximate surface area is 253 Å². The second kappa shape index (κ2) is 14.8. The van der Waals surface area contributed by atoms with Crippen LogP contribution in [0.5, 0.6) is 0 Å². The van der Waals surface area contributed by atoms with Crippen LogP contribution in [0.15, 0.2) is 41.3 Å². The van der Waals surface area contributed by atoms with Gasteiger partial charge in [0.15, 0.2) is 5.78 Å². The van der Waals surface area contributed by atoms with Crippen molar-refractivity contribution >= 4 is 51.1 Å². The van der Waals surface area contributed by atoms with Gasteiger partial charge in [-0.3, -0.25) is 24.3 Å². The Balaban J connectivity index is 0.000000235. The second-order valence-corrected chi connectivity index (χ2v) is 11.0. The number of alkyl halides is 1. The topological polar surface area (TPSA) is 141 Å². The molecule has 3 aromatic rings. The summed E-state index contributed by atoms with van der Waals surface area (Å²) in [7, 11) is 1.85. The van der Waals surface area contributed by atoms with Gasteiger partial charge in [-0.2, -0.15) is 0 Å². The molecule has 0 saturated carbocycles. The molecule has 3 N–H and O–H groups in total. The van der Waals surface area contributed by atoms with Crippen molar-refractivity contribution < 1.29 is 18.8 Å². The van der Waals surface area contributed by atoms with E-state index in [1.165, 1.54) is 6.92 Å². The number of aryl methyl sites for hydroxylation is 3. The summed E-state index contributed by atoms with van der Waals surface area (Å²) in [4.78, 5) is 49.0. The molecule has 0 aliphatic carbocycles. The minimum atomic E-state index is -0.373. The fraction of sp³-hybridized carbons (Fsp3) is 0.367. The second-order valence-electron chi connectivity index (χ2n) is 10.2. The number of hydrogen-bond donors (Lipinski definition) is 3. The minimum Gasteiger partial charge on any atom is -0.377 e. The fourth-order valence-electron chi connectivity index (χ4n) is 4.62. The molecule has 12 heteroatoms. The first-order valence-corrected chi connectivity index (χ1v) is 14.2. The Morgan fingerprint density at radius 1 is 1.14 bits per heavy atom. The smallest absolute Gasteiger partial charge is 0.242 e. The van der Waals surface area contributed by atoms with E-state index >= 15 is 0 Å². The molecule has 2 unspecified atom stereocenters. The average molecular weight is 641 g/mol. The van der Waals surface area contributed by atoms with Gasteiger partial charge in [0.1, 0.15) is 28.2 Å². The molecule has 1 aliphatic heterocycles. The summed E-state index contributed by atoms with van der Waals surface area (Å²) < 4.78 is 13.4. The largest absolute Gasteiger partial charge is 0.377 e. The molecule has 0 radical (unpaired) electrons. The van der Waals surface area contributed by atoms with Gasteiger partial charge in [-0.25, -0.2) is 15.0 Å². The molecule has 2 atom stereocenters. The highest BCUT2D eigenvalue weighted by Crippen LogP contribution is 2.29. The van der Waals surface area contributed by atoms with E-state index in [0.29, 0.717) is 40.5 Å². The van der Waals surface area contributed by atoms with Gasteiger partial charge in [-0.1, -0.05) is 6.07 Å². The lowest BCUT2D eigenvalue weighted by atomic mass is 9.95. The number of aldehydes is 1. The lowest BCUT2D eigenvalue weighted by Crippen LogP contribution is -2.37. The molecule has 4 rings (SSSR count). The van der Waals surface area contributed by atoms with Gasteiger partial charge >= 0.3 is 0 Å². The number of likely N-dealkylation sites (N-methyl/N-ethyl adjacent to an activating group) is 1. The Bertz CT molecular complexity index is 1470. The van der Waals surface area contributed by atoms with Gasteiger partial charge in [0.2, 0.25) is 5.91 Å². The molecule has 1 amide bonds. The summed E-state index contributed by atoms with van der Waals surface area (Å²) >= 11 is 3.28. The summed E-state index contributed by atoms with van der Waals surface area (Å²) in [6.45, 7) is 7.27. The van der Waals surface area contributed by atoms with Crippen molar-refractivity contribution in [3.63, 3.8) is 0 Å². The summed E-state index contributed by atoms with van der Waals surface area (Å²) in [5.41, 5.74) is 4.35. The van der Waals surface area contributed by atoms with E-state index in [4.69, 9.17) is 5.41 Å². The normalized spacial score (nSPS) is 16.3.